The van der Waals surface area contributed by atoms with Gasteiger partial charge in [-0.3, -0.25) is 19.1 Å². The zero-order valence-corrected chi connectivity index (χ0v) is 21.9. The lowest BCUT2D eigenvalue weighted by atomic mass is 10.2. The van der Waals surface area contributed by atoms with E-state index in [0.717, 1.165) is 0 Å². The second-order valence-corrected chi connectivity index (χ2v) is 8.85. The first-order chi connectivity index (χ1) is 18.3. The summed E-state index contributed by atoms with van der Waals surface area (Å²) in [6.07, 6.45) is 1.24. The third-order valence-electron chi connectivity index (χ3n) is 5.58. The molecule has 0 spiro atoms. The largest absolute Gasteiger partial charge is 0.422 e. The molecule has 0 radical (unpaired) electrons. The molecule has 192 valence electrons. The third-order valence-corrected chi connectivity index (χ3v) is 6.28. The van der Waals surface area contributed by atoms with Crippen molar-refractivity contribution in [2.45, 2.75) is 6.92 Å². The van der Waals surface area contributed by atoms with Gasteiger partial charge in [0.25, 0.3) is 5.56 Å². The second-order valence-electron chi connectivity index (χ2n) is 8.00. The number of carbonyl (C=O) groups excluding carboxylic acids is 3. The number of anilines is 1. The molecule has 4 rings (SSSR count). The standard InChI is InChI=1S/C27H22BrN5O5/c1-17-23(26(36)33(32(17)2)19-11-4-3-5-12-19)30-24(34)25(35)31-29-16-18-10-6-9-15-22(18)38-27(37)20-13-7-8-14-21(20)28/h3-16H,1-2H3,(H,30,34)(H,31,35). The van der Waals surface area contributed by atoms with Gasteiger partial charge in [0.15, 0.2) is 0 Å². The van der Waals surface area contributed by atoms with Gasteiger partial charge in [0.05, 0.1) is 23.2 Å². The monoisotopic (exact) mass is 575 g/mol. The molecular weight excluding hydrogens is 554 g/mol. The number of benzene rings is 3. The van der Waals surface area contributed by atoms with Gasteiger partial charge in [-0.25, -0.2) is 14.9 Å². The van der Waals surface area contributed by atoms with Gasteiger partial charge in [0.2, 0.25) is 0 Å². The molecule has 0 saturated heterocycles. The zero-order valence-electron chi connectivity index (χ0n) is 20.3. The maximum atomic E-state index is 12.9. The zero-order chi connectivity index (χ0) is 27.2. The molecule has 0 saturated carbocycles. The quantitative estimate of drug-likeness (QED) is 0.120. The number of hydrogen-bond acceptors (Lipinski definition) is 6. The number of halogens is 1. The Bertz CT molecular complexity index is 1610. The Kier molecular flexibility index (Phi) is 7.97. The van der Waals surface area contributed by atoms with Crippen LogP contribution >= 0.6 is 15.9 Å². The topological polar surface area (TPSA) is 124 Å². The number of nitrogens with zero attached hydrogens (tertiary/aromatic N) is 3. The van der Waals surface area contributed by atoms with Crippen LogP contribution in [0.25, 0.3) is 5.69 Å². The SMILES string of the molecule is Cc1c(NC(=O)C(=O)NN=Cc2ccccc2OC(=O)c2ccccc2Br)c(=O)n(-c2ccccc2)n1C. The molecule has 0 bridgehead atoms. The molecule has 0 atom stereocenters. The Hall–Kier alpha value is -4.77. The van der Waals surface area contributed by atoms with Gasteiger partial charge in [-0.05, 0) is 59.3 Å². The molecule has 4 aromatic rings. The lowest BCUT2D eigenvalue weighted by Gasteiger charge is -2.08. The highest BCUT2D eigenvalue weighted by Gasteiger charge is 2.21. The van der Waals surface area contributed by atoms with Crippen LogP contribution in [0.2, 0.25) is 0 Å². The van der Waals surface area contributed by atoms with Crippen LogP contribution in [0.3, 0.4) is 0 Å². The number of esters is 1. The van der Waals surface area contributed by atoms with Crippen molar-refractivity contribution in [1.29, 1.82) is 0 Å². The molecule has 0 aliphatic carbocycles. The Labute approximate surface area is 225 Å². The summed E-state index contributed by atoms with van der Waals surface area (Å²) in [5, 5.41) is 6.17. The molecule has 10 nitrogen and oxygen atoms in total. The van der Waals surface area contributed by atoms with Crippen molar-refractivity contribution in [1.82, 2.24) is 14.8 Å². The fourth-order valence-corrected chi connectivity index (χ4v) is 4.00. The minimum Gasteiger partial charge on any atom is -0.422 e. The normalized spacial score (nSPS) is 10.8. The molecule has 0 aliphatic rings. The molecule has 0 fully saturated rings. The second kappa shape index (κ2) is 11.5. The van der Waals surface area contributed by atoms with E-state index in [1.165, 1.54) is 10.9 Å². The van der Waals surface area contributed by atoms with Gasteiger partial charge in [0, 0.05) is 17.1 Å². The summed E-state index contributed by atoms with van der Waals surface area (Å²) < 4.78 is 9.02. The molecule has 1 heterocycles. The van der Waals surface area contributed by atoms with Crippen LogP contribution < -0.4 is 21.0 Å². The van der Waals surface area contributed by atoms with Crippen molar-refractivity contribution >= 4 is 45.6 Å². The average molecular weight is 576 g/mol. The van der Waals surface area contributed by atoms with Crippen molar-refractivity contribution in [3.05, 3.63) is 111 Å². The Morgan fingerprint density at radius 3 is 2.32 bits per heavy atom. The highest BCUT2D eigenvalue weighted by molar-refractivity contribution is 9.10. The Morgan fingerprint density at radius 1 is 0.921 bits per heavy atom. The van der Waals surface area contributed by atoms with Crippen LogP contribution in [0.4, 0.5) is 5.69 Å². The maximum Gasteiger partial charge on any atom is 0.344 e. The smallest absolute Gasteiger partial charge is 0.344 e. The summed E-state index contributed by atoms with van der Waals surface area (Å²) in [5.74, 6) is -2.53. The van der Waals surface area contributed by atoms with E-state index in [9.17, 15) is 19.2 Å². The van der Waals surface area contributed by atoms with Crippen LogP contribution in [0.5, 0.6) is 5.75 Å². The van der Waals surface area contributed by atoms with Crippen LogP contribution in [0.1, 0.15) is 21.6 Å². The number of hydrazone groups is 1. The van der Waals surface area contributed by atoms with Gasteiger partial charge in [-0.1, -0.05) is 42.5 Å². The minimum absolute atomic E-state index is 0.0233. The van der Waals surface area contributed by atoms with Gasteiger partial charge < -0.3 is 10.1 Å². The Balaban J connectivity index is 1.44. The van der Waals surface area contributed by atoms with Gasteiger partial charge in [-0.15, -0.1) is 0 Å². The highest BCUT2D eigenvalue weighted by Crippen LogP contribution is 2.21. The van der Waals surface area contributed by atoms with E-state index in [0.29, 0.717) is 27.0 Å². The first-order valence-corrected chi connectivity index (χ1v) is 12.1. The van der Waals surface area contributed by atoms with Crippen molar-refractivity contribution in [3.63, 3.8) is 0 Å². The molecule has 2 N–H and O–H groups in total. The van der Waals surface area contributed by atoms with Crippen LogP contribution in [0, 0.1) is 6.92 Å². The number of aromatic nitrogens is 2. The van der Waals surface area contributed by atoms with Crippen molar-refractivity contribution in [2.24, 2.45) is 12.1 Å². The highest BCUT2D eigenvalue weighted by atomic mass is 79.9. The summed E-state index contributed by atoms with van der Waals surface area (Å²) in [6, 6.07) is 22.3. The summed E-state index contributed by atoms with van der Waals surface area (Å²) >= 11 is 3.31. The first kappa shape index (κ1) is 26.3. The van der Waals surface area contributed by atoms with E-state index < -0.39 is 23.3 Å². The number of rotatable bonds is 6. The number of para-hydroxylation sites is 2. The molecule has 11 heteroatoms. The predicted octanol–water partition coefficient (Wildman–Crippen LogP) is 3.55. The lowest BCUT2D eigenvalue weighted by Crippen LogP contribution is -2.34. The third kappa shape index (κ3) is 5.62. The number of nitrogens with one attached hydrogen (secondary N) is 2. The molecule has 0 unspecified atom stereocenters. The van der Waals surface area contributed by atoms with E-state index >= 15 is 0 Å². The van der Waals surface area contributed by atoms with Crippen molar-refractivity contribution in [3.8, 4) is 11.4 Å². The predicted molar refractivity (Wildman–Crippen MR) is 146 cm³/mol. The van der Waals surface area contributed by atoms with Crippen LogP contribution in [-0.2, 0) is 16.6 Å². The van der Waals surface area contributed by atoms with Crippen molar-refractivity contribution in [2.75, 3.05) is 5.32 Å². The number of carbonyl (C=O) groups is 3. The fourth-order valence-electron chi connectivity index (χ4n) is 3.56. The van der Waals surface area contributed by atoms with Gasteiger partial charge in [0.1, 0.15) is 11.4 Å². The molecular formula is C27H22BrN5O5. The van der Waals surface area contributed by atoms with Gasteiger partial charge >= 0.3 is 17.8 Å². The van der Waals surface area contributed by atoms with E-state index in [1.54, 1.807) is 91.4 Å². The van der Waals surface area contributed by atoms with E-state index in [2.05, 4.69) is 31.8 Å². The molecule has 2 amide bonds. The van der Waals surface area contributed by atoms with E-state index in [-0.39, 0.29) is 11.4 Å². The average Bonchev–Trinajstić information content (AvgIpc) is 3.13. The maximum absolute atomic E-state index is 12.9. The number of amides is 2. The van der Waals surface area contributed by atoms with Gasteiger partial charge in [-0.2, -0.15) is 5.10 Å². The molecule has 0 aliphatic heterocycles. The number of ether oxygens (including phenoxy) is 1. The van der Waals surface area contributed by atoms with Crippen molar-refractivity contribution < 1.29 is 19.1 Å². The molecule has 38 heavy (non-hydrogen) atoms. The lowest BCUT2D eigenvalue weighted by molar-refractivity contribution is -0.136. The summed E-state index contributed by atoms with van der Waals surface area (Å²) in [6.45, 7) is 1.65. The summed E-state index contributed by atoms with van der Waals surface area (Å²) in [5.41, 5.74) is 3.41. The van der Waals surface area contributed by atoms with Crippen LogP contribution in [0.15, 0.2) is 93.2 Å². The van der Waals surface area contributed by atoms with E-state index in [1.807, 2.05) is 6.07 Å². The van der Waals surface area contributed by atoms with E-state index in [4.69, 9.17) is 4.74 Å². The Morgan fingerprint density at radius 2 is 1.58 bits per heavy atom. The summed E-state index contributed by atoms with van der Waals surface area (Å²) in [7, 11) is 1.67. The van der Waals surface area contributed by atoms with Crippen LogP contribution in [-0.4, -0.2) is 33.4 Å². The molecule has 1 aromatic heterocycles. The minimum atomic E-state index is -1.09. The molecule has 3 aromatic carbocycles. The first-order valence-electron chi connectivity index (χ1n) is 11.3. The fraction of sp³-hybridized carbons (Fsp3) is 0.0741. The summed E-state index contributed by atoms with van der Waals surface area (Å²) in [4.78, 5) is 50.3. The number of hydrogen-bond donors (Lipinski definition) is 2.